The molecule has 42 heavy (non-hydrogen) atoms. The van der Waals surface area contributed by atoms with Gasteiger partial charge in [0.05, 0.1) is 24.6 Å². The lowest BCUT2D eigenvalue weighted by atomic mass is 9.61. The Hall–Kier alpha value is -3.92. The predicted octanol–water partition coefficient (Wildman–Crippen LogP) is 6.34. The highest BCUT2D eigenvalue weighted by Gasteiger charge is 2.74. The van der Waals surface area contributed by atoms with Crippen molar-refractivity contribution in [3.8, 4) is 5.75 Å². The molecule has 0 fully saturated rings. The number of alkyl halides is 4. The van der Waals surface area contributed by atoms with Gasteiger partial charge >= 0.3 is 12.1 Å². The van der Waals surface area contributed by atoms with Crippen LogP contribution in [-0.2, 0) is 27.2 Å². The van der Waals surface area contributed by atoms with Crippen molar-refractivity contribution in [2.75, 3.05) is 18.1 Å². The zero-order valence-electron chi connectivity index (χ0n) is 23.4. The fourth-order valence-corrected chi connectivity index (χ4v) is 5.81. The van der Waals surface area contributed by atoms with Crippen molar-refractivity contribution in [1.82, 2.24) is 0 Å². The third-order valence-electron chi connectivity index (χ3n) is 8.20. The van der Waals surface area contributed by atoms with Gasteiger partial charge in [-0.05, 0) is 75.1 Å². The van der Waals surface area contributed by atoms with Crippen LogP contribution in [0.1, 0.15) is 65.7 Å². The van der Waals surface area contributed by atoms with E-state index in [1.807, 2.05) is 6.07 Å². The molecule has 0 saturated carbocycles. The van der Waals surface area contributed by atoms with Gasteiger partial charge in [-0.1, -0.05) is 36.4 Å². The number of benzene rings is 3. The number of hydrogen-bond acceptors (Lipinski definition) is 5. The Labute approximate surface area is 240 Å². The Kier molecular flexibility index (Phi) is 7.55. The molecule has 1 aliphatic carbocycles. The standard InChI is InChI=1S/C32H31F4NO5/c1-4-41-29(39)22-11-8-12-23(15-22)42-24-14-13-21-16-26-25(30(3,33)31(26,40)32(34,35)36)17-27(21)37(18-24)28(38)19(2)20-9-6-5-7-10-20/h5-12,15-17,19,24,40H,4,13-14,18H2,1-3H3/t19-,24-,30+,31?/m0/s1. The van der Waals surface area contributed by atoms with Gasteiger partial charge in [-0.25, -0.2) is 9.18 Å². The Morgan fingerprint density at radius 2 is 1.79 bits per heavy atom. The molecule has 1 heterocycles. The van der Waals surface area contributed by atoms with Gasteiger partial charge in [0.1, 0.15) is 11.9 Å². The molecule has 0 bridgehead atoms. The fraction of sp³-hybridized carbons (Fsp3) is 0.375. The minimum atomic E-state index is -5.24. The summed E-state index contributed by atoms with van der Waals surface area (Å²) in [4.78, 5) is 27.6. The first-order chi connectivity index (χ1) is 19.8. The molecule has 10 heteroatoms. The molecular weight excluding hydrogens is 554 g/mol. The molecule has 1 aliphatic heterocycles. The molecule has 222 valence electrons. The fourth-order valence-electron chi connectivity index (χ4n) is 5.81. The van der Waals surface area contributed by atoms with Crippen molar-refractivity contribution in [3.63, 3.8) is 0 Å². The van der Waals surface area contributed by atoms with Crippen LogP contribution in [0, 0.1) is 0 Å². The van der Waals surface area contributed by atoms with E-state index < -0.39 is 41.0 Å². The molecule has 4 atom stereocenters. The van der Waals surface area contributed by atoms with Gasteiger partial charge in [0.25, 0.3) is 0 Å². The van der Waals surface area contributed by atoms with Crippen LogP contribution in [-0.4, -0.2) is 42.4 Å². The largest absolute Gasteiger partial charge is 0.489 e. The van der Waals surface area contributed by atoms with E-state index in [1.165, 1.54) is 17.0 Å². The summed E-state index contributed by atoms with van der Waals surface area (Å²) in [5.74, 6) is -1.13. The lowest BCUT2D eigenvalue weighted by Gasteiger charge is -2.51. The van der Waals surface area contributed by atoms with Crippen LogP contribution in [0.15, 0.2) is 66.7 Å². The summed E-state index contributed by atoms with van der Waals surface area (Å²) >= 11 is 0. The highest BCUT2D eigenvalue weighted by molar-refractivity contribution is 5.99. The summed E-state index contributed by atoms with van der Waals surface area (Å²) in [6.45, 7) is 4.35. The van der Waals surface area contributed by atoms with E-state index in [4.69, 9.17) is 9.47 Å². The van der Waals surface area contributed by atoms with Gasteiger partial charge in [0.2, 0.25) is 11.5 Å². The van der Waals surface area contributed by atoms with Crippen molar-refractivity contribution in [2.45, 2.75) is 63.1 Å². The molecule has 0 aromatic heterocycles. The lowest BCUT2D eigenvalue weighted by molar-refractivity contribution is -0.328. The van der Waals surface area contributed by atoms with Gasteiger partial charge in [-0.15, -0.1) is 0 Å². The number of fused-ring (bicyclic) bond motifs is 2. The molecule has 0 radical (unpaired) electrons. The summed E-state index contributed by atoms with van der Waals surface area (Å²) in [5.41, 5.74) is -5.97. The van der Waals surface area contributed by atoms with Gasteiger partial charge in [-0.2, -0.15) is 13.2 Å². The van der Waals surface area contributed by atoms with Crippen LogP contribution in [0.3, 0.4) is 0 Å². The van der Waals surface area contributed by atoms with Gasteiger partial charge in [0, 0.05) is 16.8 Å². The second-order valence-electron chi connectivity index (χ2n) is 10.8. The number of aliphatic hydroxyl groups is 1. The highest BCUT2D eigenvalue weighted by atomic mass is 19.4. The SMILES string of the molecule is CCOC(=O)c1cccc(O[C@H]2CCc3cc4c(cc3N(C(=O)[C@@H](C)c3ccccc3)C2)[C@@](C)(F)C4(O)C(F)(F)F)c1. The van der Waals surface area contributed by atoms with Crippen LogP contribution < -0.4 is 9.64 Å². The molecule has 3 aromatic rings. The zero-order chi connectivity index (χ0) is 30.4. The Morgan fingerprint density at radius 1 is 1.07 bits per heavy atom. The number of rotatable bonds is 6. The number of esters is 1. The topological polar surface area (TPSA) is 76.1 Å². The molecule has 6 nitrogen and oxygen atoms in total. The van der Waals surface area contributed by atoms with E-state index in [1.54, 1.807) is 56.3 Å². The Morgan fingerprint density at radius 3 is 2.45 bits per heavy atom. The molecule has 1 amide bonds. The summed E-state index contributed by atoms with van der Waals surface area (Å²) < 4.78 is 68.5. The van der Waals surface area contributed by atoms with Crippen LogP contribution in [0.4, 0.5) is 23.2 Å². The Balaban J connectivity index is 1.54. The Bertz CT molecular complexity index is 1510. The summed E-state index contributed by atoms with van der Waals surface area (Å²) in [5, 5.41) is 10.5. The van der Waals surface area contributed by atoms with Gasteiger partial charge < -0.3 is 19.5 Å². The number of nitrogens with zero attached hydrogens (tertiary/aromatic N) is 1. The van der Waals surface area contributed by atoms with Crippen LogP contribution in [0.2, 0.25) is 0 Å². The minimum absolute atomic E-state index is 0.0258. The quantitative estimate of drug-likeness (QED) is 0.270. The van der Waals surface area contributed by atoms with E-state index in [0.29, 0.717) is 24.7 Å². The molecule has 3 aromatic carbocycles. The number of carbonyl (C=O) groups is 2. The summed E-state index contributed by atoms with van der Waals surface area (Å²) in [6.07, 6.45) is -5.36. The lowest BCUT2D eigenvalue weighted by Crippen LogP contribution is -2.62. The first-order valence-electron chi connectivity index (χ1n) is 13.8. The first kappa shape index (κ1) is 29.6. The highest BCUT2D eigenvalue weighted by Crippen LogP contribution is 2.63. The second-order valence-corrected chi connectivity index (χ2v) is 10.8. The van der Waals surface area contributed by atoms with Crippen LogP contribution in [0.5, 0.6) is 5.75 Å². The van der Waals surface area contributed by atoms with Crippen molar-refractivity contribution in [2.24, 2.45) is 0 Å². The van der Waals surface area contributed by atoms with Gasteiger partial charge in [0.15, 0.2) is 5.67 Å². The molecular formula is C32H31F4NO5. The average Bonchev–Trinajstić information content (AvgIpc) is 3.14. The number of carbonyl (C=O) groups excluding carboxylic acids is 2. The van der Waals surface area contributed by atoms with Crippen molar-refractivity contribution in [1.29, 1.82) is 0 Å². The molecule has 0 spiro atoms. The van der Waals surface area contributed by atoms with E-state index in [0.717, 1.165) is 11.6 Å². The normalized spacial score (nSPS) is 24.0. The maximum atomic E-state index is 15.6. The maximum Gasteiger partial charge on any atom is 0.425 e. The predicted molar refractivity (Wildman–Crippen MR) is 147 cm³/mol. The third kappa shape index (κ3) is 4.81. The second kappa shape index (κ2) is 10.7. The van der Waals surface area contributed by atoms with E-state index in [-0.39, 0.29) is 42.3 Å². The smallest absolute Gasteiger partial charge is 0.425 e. The number of amides is 1. The van der Waals surface area contributed by atoms with E-state index in [2.05, 4.69) is 0 Å². The molecule has 0 saturated heterocycles. The van der Waals surface area contributed by atoms with Crippen molar-refractivity contribution in [3.05, 3.63) is 94.5 Å². The van der Waals surface area contributed by atoms with Crippen LogP contribution in [0.25, 0.3) is 0 Å². The summed E-state index contributed by atoms with van der Waals surface area (Å²) in [7, 11) is 0. The molecule has 1 unspecified atom stereocenters. The summed E-state index contributed by atoms with van der Waals surface area (Å²) in [6, 6.07) is 17.8. The molecule has 2 aliphatic rings. The monoisotopic (exact) mass is 585 g/mol. The van der Waals surface area contributed by atoms with E-state index >= 15 is 4.39 Å². The molecule has 1 N–H and O–H groups in total. The average molecular weight is 586 g/mol. The van der Waals surface area contributed by atoms with Crippen molar-refractivity contribution < 1.29 is 41.7 Å². The zero-order valence-corrected chi connectivity index (χ0v) is 23.4. The number of aryl methyl sites for hydroxylation is 1. The molecule has 5 rings (SSSR count). The first-order valence-corrected chi connectivity index (χ1v) is 13.8. The van der Waals surface area contributed by atoms with Crippen molar-refractivity contribution >= 4 is 17.6 Å². The van der Waals surface area contributed by atoms with Gasteiger partial charge in [-0.3, -0.25) is 4.79 Å². The number of hydrogen-bond donors (Lipinski definition) is 1. The number of anilines is 1. The maximum absolute atomic E-state index is 15.6. The number of ether oxygens (including phenoxy) is 2. The van der Waals surface area contributed by atoms with E-state index in [9.17, 15) is 27.9 Å². The minimum Gasteiger partial charge on any atom is -0.489 e. The third-order valence-corrected chi connectivity index (χ3v) is 8.20. The number of halogens is 4. The van der Waals surface area contributed by atoms with Crippen LogP contribution >= 0.6 is 0 Å².